The number of benzene rings is 1. The molecule has 6 nitrogen and oxygen atoms in total. The van der Waals surface area contributed by atoms with Crippen molar-refractivity contribution in [3.05, 3.63) is 35.9 Å². The van der Waals surface area contributed by atoms with Crippen molar-refractivity contribution in [3.8, 4) is 0 Å². The maximum Gasteiger partial charge on any atom is 0.225 e. The lowest BCUT2D eigenvalue weighted by Gasteiger charge is -2.22. The van der Waals surface area contributed by atoms with E-state index < -0.39 is 11.3 Å². The number of carbonyl (C=O) groups is 3. The smallest absolute Gasteiger partial charge is 0.225 e. The Morgan fingerprint density at radius 3 is 2.57 bits per heavy atom. The Labute approximate surface area is 136 Å². The lowest BCUT2D eigenvalue weighted by atomic mass is 9.92. The average molecular weight is 317 g/mol. The monoisotopic (exact) mass is 317 g/mol. The quantitative estimate of drug-likeness (QED) is 0.807. The molecule has 0 aromatic heterocycles. The van der Waals surface area contributed by atoms with Crippen LogP contribution in [0.2, 0.25) is 0 Å². The standard InChI is InChI=1S/C17H23N3O3/c1-17(2,16(18)23)11-19-15(22)13-8-14(21)20(10-13)9-12-6-4-3-5-7-12/h3-7,13H,8-11H2,1-2H3,(H2,18,23)(H,19,22). The minimum absolute atomic E-state index is 0.0248. The van der Waals surface area contributed by atoms with Gasteiger partial charge in [-0.2, -0.15) is 0 Å². The van der Waals surface area contributed by atoms with Crippen molar-refractivity contribution in [1.82, 2.24) is 10.2 Å². The van der Waals surface area contributed by atoms with Crippen LogP contribution in [0.5, 0.6) is 0 Å². The fourth-order valence-corrected chi connectivity index (χ4v) is 2.44. The number of nitrogens with one attached hydrogen (secondary N) is 1. The predicted octanol–water partition coefficient (Wildman–Crippen LogP) is 0.663. The summed E-state index contributed by atoms with van der Waals surface area (Å²) in [6.45, 7) is 4.44. The highest BCUT2D eigenvalue weighted by molar-refractivity contribution is 5.89. The lowest BCUT2D eigenvalue weighted by Crippen LogP contribution is -2.44. The Morgan fingerprint density at radius 1 is 1.30 bits per heavy atom. The molecule has 1 aromatic carbocycles. The molecule has 124 valence electrons. The first-order chi connectivity index (χ1) is 10.8. The molecule has 0 aliphatic carbocycles. The summed E-state index contributed by atoms with van der Waals surface area (Å²) < 4.78 is 0. The molecule has 1 aliphatic heterocycles. The zero-order chi connectivity index (χ0) is 17.0. The summed E-state index contributed by atoms with van der Waals surface area (Å²) in [5, 5.41) is 2.73. The summed E-state index contributed by atoms with van der Waals surface area (Å²) in [4.78, 5) is 37.3. The molecule has 2 rings (SSSR count). The van der Waals surface area contributed by atoms with Crippen LogP contribution in [0.1, 0.15) is 25.8 Å². The first kappa shape index (κ1) is 17.0. The number of nitrogens with zero attached hydrogens (tertiary/aromatic N) is 1. The van der Waals surface area contributed by atoms with Crippen LogP contribution >= 0.6 is 0 Å². The third kappa shape index (κ3) is 4.31. The molecule has 1 atom stereocenters. The molecule has 1 aromatic rings. The van der Waals surface area contributed by atoms with Crippen molar-refractivity contribution >= 4 is 17.7 Å². The minimum Gasteiger partial charge on any atom is -0.369 e. The molecular formula is C17H23N3O3. The van der Waals surface area contributed by atoms with E-state index in [2.05, 4.69) is 5.32 Å². The van der Waals surface area contributed by atoms with Crippen LogP contribution in [0, 0.1) is 11.3 Å². The second kappa shape index (κ2) is 6.81. The number of nitrogens with two attached hydrogens (primary N) is 1. The van der Waals surface area contributed by atoms with E-state index in [0.717, 1.165) is 5.56 Å². The van der Waals surface area contributed by atoms with Crippen LogP contribution in [0.25, 0.3) is 0 Å². The molecule has 0 bridgehead atoms. The van der Waals surface area contributed by atoms with Gasteiger partial charge in [-0.15, -0.1) is 0 Å². The van der Waals surface area contributed by atoms with E-state index in [1.807, 2.05) is 30.3 Å². The van der Waals surface area contributed by atoms with Crippen LogP contribution in [-0.2, 0) is 20.9 Å². The van der Waals surface area contributed by atoms with Crippen molar-refractivity contribution in [2.75, 3.05) is 13.1 Å². The largest absolute Gasteiger partial charge is 0.369 e. The van der Waals surface area contributed by atoms with E-state index in [0.29, 0.717) is 13.1 Å². The van der Waals surface area contributed by atoms with E-state index >= 15 is 0 Å². The molecule has 3 amide bonds. The van der Waals surface area contributed by atoms with Crippen LogP contribution in [-0.4, -0.2) is 35.7 Å². The zero-order valence-corrected chi connectivity index (χ0v) is 13.5. The number of primary amides is 1. The molecule has 1 unspecified atom stereocenters. The summed E-state index contributed by atoms with van der Waals surface area (Å²) >= 11 is 0. The number of carbonyl (C=O) groups excluding carboxylic acids is 3. The summed E-state index contributed by atoms with van der Waals surface area (Å²) in [5.41, 5.74) is 5.52. The molecule has 1 saturated heterocycles. The molecular weight excluding hydrogens is 294 g/mol. The fourth-order valence-electron chi connectivity index (χ4n) is 2.44. The molecule has 6 heteroatoms. The van der Waals surface area contributed by atoms with Crippen molar-refractivity contribution in [2.24, 2.45) is 17.1 Å². The van der Waals surface area contributed by atoms with Gasteiger partial charge in [0.05, 0.1) is 11.3 Å². The number of hydrogen-bond acceptors (Lipinski definition) is 3. The first-order valence-electron chi connectivity index (χ1n) is 7.69. The van der Waals surface area contributed by atoms with Crippen LogP contribution in [0.15, 0.2) is 30.3 Å². The molecule has 3 N–H and O–H groups in total. The van der Waals surface area contributed by atoms with Gasteiger partial charge in [-0.1, -0.05) is 30.3 Å². The summed E-state index contributed by atoms with van der Waals surface area (Å²) in [6.07, 6.45) is 0.204. The lowest BCUT2D eigenvalue weighted by molar-refractivity contribution is -0.130. The first-order valence-corrected chi connectivity index (χ1v) is 7.69. The maximum absolute atomic E-state index is 12.2. The molecule has 1 aliphatic rings. The van der Waals surface area contributed by atoms with Gasteiger partial charge in [-0.25, -0.2) is 0 Å². The highest BCUT2D eigenvalue weighted by atomic mass is 16.2. The molecule has 1 heterocycles. The fraction of sp³-hybridized carbons (Fsp3) is 0.471. The van der Waals surface area contributed by atoms with Gasteiger partial charge in [0.15, 0.2) is 0 Å². The molecule has 0 spiro atoms. The second-order valence-electron chi connectivity index (χ2n) is 6.63. The molecule has 1 fully saturated rings. The molecule has 23 heavy (non-hydrogen) atoms. The van der Waals surface area contributed by atoms with Crippen molar-refractivity contribution in [3.63, 3.8) is 0 Å². The second-order valence-corrected chi connectivity index (χ2v) is 6.63. The SMILES string of the molecule is CC(C)(CNC(=O)C1CC(=O)N(Cc2ccccc2)C1)C(N)=O. The van der Waals surface area contributed by atoms with E-state index in [1.54, 1.807) is 18.7 Å². The van der Waals surface area contributed by atoms with Gasteiger partial charge in [0.25, 0.3) is 0 Å². The van der Waals surface area contributed by atoms with Gasteiger partial charge < -0.3 is 16.0 Å². The highest BCUT2D eigenvalue weighted by Gasteiger charge is 2.35. The van der Waals surface area contributed by atoms with Crippen molar-refractivity contribution < 1.29 is 14.4 Å². The van der Waals surface area contributed by atoms with E-state index in [9.17, 15) is 14.4 Å². The van der Waals surface area contributed by atoms with Crippen LogP contribution in [0.3, 0.4) is 0 Å². The van der Waals surface area contributed by atoms with E-state index in [1.165, 1.54) is 0 Å². The van der Waals surface area contributed by atoms with Crippen LogP contribution in [0.4, 0.5) is 0 Å². The topological polar surface area (TPSA) is 92.5 Å². The predicted molar refractivity (Wildman–Crippen MR) is 86.0 cm³/mol. The van der Waals surface area contributed by atoms with Crippen molar-refractivity contribution in [2.45, 2.75) is 26.8 Å². The number of hydrogen-bond donors (Lipinski definition) is 2. The zero-order valence-electron chi connectivity index (χ0n) is 13.5. The van der Waals surface area contributed by atoms with Gasteiger partial charge >= 0.3 is 0 Å². The Morgan fingerprint density at radius 2 is 1.96 bits per heavy atom. The van der Waals surface area contributed by atoms with Gasteiger partial charge in [-0.05, 0) is 19.4 Å². The van der Waals surface area contributed by atoms with Gasteiger partial charge in [0.1, 0.15) is 0 Å². The van der Waals surface area contributed by atoms with Crippen LogP contribution < -0.4 is 11.1 Å². The minimum atomic E-state index is -0.804. The van der Waals surface area contributed by atoms with Gasteiger partial charge in [-0.3, -0.25) is 14.4 Å². The van der Waals surface area contributed by atoms with E-state index in [-0.39, 0.29) is 30.7 Å². The number of rotatable bonds is 6. The number of likely N-dealkylation sites (tertiary alicyclic amines) is 1. The average Bonchev–Trinajstić information content (AvgIpc) is 2.87. The third-order valence-corrected chi connectivity index (χ3v) is 4.17. The Balaban J connectivity index is 1.89. The summed E-state index contributed by atoms with van der Waals surface area (Å²) in [7, 11) is 0. The van der Waals surface area contributed by atoms with Crippen molar-refractivity contribution in [1.29, 1.82) is 0 Å². The van der Waals surface area contributed by atoms with E-state index in [4.69, 9.17) is 5.73 Å². The summed E-state index contributed by atoms with van der Waals surface area (Å²) in [6, 6.07) is 9.68. The van der Waals surface area contributed by atoms with Gasteiger partial charge in [0, 0.05) is 26.1 Å². The van der Waals surface area contributed by atoms with Gasteiger partial charge in [0.2, 0.25) is 17.7 Å². The third-order valence-electron chi connectivity index (χ3n) is 4.17. The number of amides is 3. The highest BCUT2D eigenvalue weighted by Crippen LogP contribution is 2.21. The summed E-state index contributed by atoms with van der Waals surface area (Å²) in [5.74, 6) is -1.08. The molecule has 0 saturated carbocycles. The molecule has 0 radical (unpaired) electrons. The maximum atomic E-state index is 12.2. The normalized spacial score (nSPS) is 18.1. The Bertz CT molecular complexity index is 598. The Kier molecular flexibility index (Phi) is 5.03. The Hall–Kier alpha value is -2.37.